The van der Waals surface area contributed by atoms with Gasteiger partial charge in [-0.15, -0.1) is 0 Å². The van der Waals surface area contributed by atoms with E-state index in [1.165, 1.54) is 31.2 Å². The van der Waals surface area contributed by atoms with Crippen molar-refractivity contribution in [2.45, 2.75) is 37.6 Å². The van der Waals surface area contributed by atoms with E-state index in [2.05, 4.69) is 11.0 Å². The van der Waals surface area contributed by atoms with Gasteiger partial charge in [0.15, 0.2) is 11.5 Å². The van der Waals surface area contributed by atoms with Crippen LogP contribution in [-0.4, -0.2) is 30.2 Å². The minimum Gasteiger partial charge on any atom is -0.454 e. The second-order valence-electron chi connectivity index (χ2n) is 6.37. The van der Waals surface area contributed by atoms with Crippen LogP contribution in [0.25, 0.3) is 0 Å². The fourth-order valence-corrected chi connectivity index (χ4v) is 4.69. The maximum absolute atomic E-state index is 12.8. The number of hydrogen-bond donors (Lipinski definition) is 0. The maximum atomic E-state index is 12.8. The Hall–Kier alpha value is -1.71. The number of carbonyl (C=O) groups is 1. The van der Waals surface area contributed by atoms with Crippen LogP contribution in [0.4, 0.5) is 0 Å². The molecule has 1 saturated carbocycles. The second kappa shape index (κ2) is 3.68. The quantitative estimate of drug-likeness (QED) is 0.728. The van der Waals surface area contributed by atoms with Gasteiger partial charge in [-0.1, -0.05) is 6.42 Å². The molecular weight excluding hydrogens is 254 g/mol. The van der Waals surface area contributed by atoms with Crippen molar-refractivity contribution in [3.63, 3.8) is 0 Å². The zero-order chi connectivity index (χ0) is 13.3. The first-order chi connectivity index (χ1) is 9.83. The molecule has 0 radical (unpaired) electrons. The molecule has 1 aromatic rings. The highest BCUT2D eigenvalue weighted by molar-refractivity contribution is 5.98. The summed E-state index contributed by atoms with van der Waals surface area (Å²) >= 11 is 0. The Labute approximate surface area is 117 Å². The Balaban J connectivity index is 1.71. The monoisotopic (exact) mass is 271 g/mol. The molecular formula is C16H17NO3. The minimum atomic E-state index is 0.198. The number of hydrogen-bond acceptors (Lipinski definition) is 3. The van der Waals surface area contributed by atoms with E-state index in [1.54, 1.807) is 0 Å². The van der Waals surface area contributed by atoms with Gasteiger partial charge in [0.05, 0.1) is 0 Å². The van der Waals surface area contributed by atoms with E-state index >= 15 is 0 Å². The van der Waals surface area contributed by atoms with Crippen LogP contribution in [0.1, 0.15) is 47.5 Å². The van der Waals surface area contributed by atoms with Gasteiger partial charge in [-0.3, -0.25) is 4.79 Å². The highest BCUT2D eigenvalue weighted by atomic mass is 16.7. The summed E-state index contributed by atoms with van der Waals surface area (Å²) in [6.45, 7) is 1.20. The van der Waals surface area contributed by atoms with Crippen LogP contribution in [-0.2, 0) is 0 Å². The van der Waals surface area contributed by atoms with Crippen molar-refractivity contribution in [1.29, 1.82) is 0 Å². The normalized spacial score (nSPS) is 33.1. The summed E-state index contributed by atoms with van der Waals surface area (Å²) in [4.78, 5) is 14.9. The molecule has 1 aliphatic carbocycles. The van der Waals surface area contributed by atoms with Gasteiger partial charge in [-0.2, -0.15) is 0 Å². The molecule has 1 aromatic carbocycles. The smallest absolute Gasteiger partial charge is 0.254 e. The summed E-state index contributed by atoms with van der Waals surface area (Å²) < 4.78 is 10.9. The molecule has 0 aromatic heterocycles. The van der Waals surface area contributed by atoms with Crippen LogP contribution < -0.4 is 9.47 Å². The molecule has 3 aliphatic heterocycles. The van der Waals surface area contributed by atoms with Crippen molar-refractivity contribution >= 4 is 5.91 Å². The summed E-state index contributed by atoms with van der Waals surface area (Å²) in [5, 5.41) is 0. The van der Waals surface area contributed by atoms with Crippen molar-refractivity contribution in [2.24, 2.45) is 5.92 Å². The third kappa shape index (κ3) is 1.25. The molecule has 104 valence electrons. The Morgan fingerprint density at radius 3 is 2.85 bits per heavy atom. The predicted octanol–water partition coefficient (Wildman–Crippen LogP) is 2.53. The molecule has 3 atom stereocenters. The Morgan fingerprint density at radius 1 is 1.10 bits per heavy atom. The summed E-state index contributed by atoms with van der Waals surface area (Å²) in [6.07, 6.45) is 4.93. The van der Waals surface area contributed by atoms with Crippen LogP contribution in [0, 0.1) is 5.92 Å². The Kier molecular flexibility index (Phi) is 2.03. The molecule has 20 heavy (non-hydrogen) atoms. The van der Waals surface area contributed by atoms with Gasteiger partial charge in [0.2, 0.25) is 6.79 Å². The van der Waals surface area contributed by atoms with Gasteiger partial charge in [0.25, 0.3) is 5.91 Å². The van der Waals surface area contributed by atoms with E-state index in [0.717, 1.165) is 23.6 Å². The summed E-state index contributed by atoms with van der Waals surface area (Å²) in [7, 11) is 0. The van der Waals surface area contributed by atoms with Gasteiger partial charge in [0.1, 0.15) is 0 Å². The number of ether oxygens (including phenoxy) is 2. The first-order valence-corrected chi connectivity index (χ1v) is 7.57. The number of rotatable bonds is 0. The molecule has 5 rings (SSSR count). The van der Waals surface area contributed by atoms with Gasteiger partial charge >= 0.3 is 0 Å². The highest BCUT2D eigenvalue weighted by Crippen LogP contribution is 2.51. The minimum absolute atomic E-state index is 0.198. The highest BCUT2D eigenvalue weighted by Gasteiger charge is 2.49. The van der Waals surface area contributed by atoms with Crippen molar-refractivity contribution in [2.75, 3.05) is 13.3 Å². The lowest BCUT2D eigenvalue weighted by Gasteiger charge is -2.43. The standard InChI is InChI=1S/C16H17NO3/c18-16-12-7-14-13(19-8-20-14)6-11(12)10-3-1-2-9-4-5-17(16)15(9)10/h6-7,9-10,15H,1-5,8H2/t9-,10+,15-/m1/s1. The molecule has 2 fully saturated rings. The van der Waals surface area contributed by atoms with Crippen LogP contribution in [0.5, 0.6) is 11.5 Å². The van der Waals surface area contributed by atoms with Crippen LogP contribution in [0.2, 0.25) is 0 Å². The van der Waals surface area contributed by atoms with Crippen LogP contribution >= 0.6 is 0 Å². The van der Waals surface area contributed by atoms with Crippen molar-refractivity contribution in [1.82, 2.24) is 4.90 Å². The molecule has 0 spiro atoms. The number of amides is 1. The van der Waals surface area contributed by atoms with E-state index in [-0.39, 0.29) is 12.7 Å². The molecule has 0 unspecified atom stereocenters. The van der Waals surface area contributed by atoms with Crippen molar-refractivity contribution < 1.29 is 14.3 Å². The van der Waals surface area contributed by atoms with Gasteiger partial charge < -0.3 is 14.4 Å². The SMILES string of the molecule is O=C1c2cc3c(cc2[C@@H]2CCC[C@@H]4CCN1[C@H]42)OCO3. The lowest BCUT2D eigenvalue weighted by molar-refractivity contribution is 0.0619. The fourth-order valence-electron chi connectivity index (χ4n) is 4.69. The number of benzene rings is 1. The first kappa shape index (κ1) is 11.0. The molecule has 4 heteroatoms. The zero-order valence-electron chi connectivity index (χ0n) is 11.3. The average Bonchev–Trinajstić information content (AvgIpc) is 3.10. The lowest BCUT2D eigenvalue weighted by atomic mass is 9.71. The number of nitrogens with zero attached hydrogens (tertiary/aromatic N) is 1. The Bertz CT molecular complexity index is 612. The van der Waals surface area contributed by atoms with Gasteiger partial charge in [0, 0.05) is 24.1 Å². The van der Waals surface area contributed by atoms with Crippen molar-refractivity contribution in [3.8, 4) is 11.5 Å². The largest absolute Gasteiger partial charge is 0.454 e. The summed E-state index contributed by atoms with van der Waals surface area (Å²) in [5.41, 5.74) is 2.05. The van der Waals surface area contributed by atoms with E-state index in [9.17, 15) is 4.79 Å². The van der Waals surface area contributed by atoms with Crippen molar-refractivity contribution in [3.05, 3.63) is 23.3 Å². The van der Waals surface area contributed by atoms with Crippen LogP contribution in [0.3, 0.4) is 0 Å². The van der Waals surface area contributed by atoms with E-state index < -0.39 is 0 Å². The topological polar surface area (TPSA) is 38.8 Å². The Morgan fingerprint density at radius 2 is 1.95 bits per heavy atom. The predicted molar refractivity (Wildman–Crippen MR) is 72.1 cm³/mol. The molecule has 0 N–H and O–H groups in total. The van der Waals surface area contributed by atoms with E-state index in [4.69, 9.17) is 9.47 Å². The molecule has 4 nitrogen and oxygen atoms in total. The second-order valence-corrected chi connectivity index (χ2v) is 6.37. The third-order valence-corrected chi connectivity index (χ3v) is 5.52. The van der Waals surface area contributed by atoms with Crippen LogP contribution in [0.15, 0.2) is 12.1 Å². The van der Waals surface area contributed by atoms with E-state index in [0.29, 0.717) is 17.9 Å². The molecule has 3 heterocycles. The maximum Gasteiger partial charge on any atom is 0.254 e. The summed E-state index contributed by atoms with van der Waals surface area (Å²) in [6, 6.07) is 4.40. The third-order valence-electron chi connectivity index (χ3n) is 5.52. The molecule has 4 aliphatic rings. The average molecular weight is 271 g/mol. The fraction of sp³-hybridized carbons (Fsp3) is 0.562. The molecule has 1 saturated heterocycles. The first-order valence-electron chi connectivity index (χ1n) is 7.57. The zero-order valence-corrected chi connectivity index (χ0v) is 11.3. The number of carbonyl (C=O) groups excluding carboxylic acids is 1. The van der Waals surface area contributed by atoms with Gasteiger partial charge in [-0.05, 0) is 42.9 Å². The molecule has 1 amide bonds. The van der Waals surface area contributed by atoms with E-state index in [1.807, 2.05) is 6.07 Å². The lowest BCUT2D eigenvalue weighted by Crippen LogP contribution is -2.47. The summed E-state index contributed by atoms with van der Waals surface area (Å²) in [5.74, 6) is 2.94. The van der Waals surface area contributed by atoms with Gasteiger partial charge in [-0.25, -0.2) is 0 Å². The molecule has 0 bridgehead atoms. The number of fused-ring (bicyclic) bond motifs is 3.